The number of nitrogens with two attached hydrogens (primary N) is 1. The van der Waals surface area contributed by atoms with Crippen molar-refractivity contribution < 1.29 is 9.53 Å². The molecule has 4 heteroatoms. The molecule has 0 saturated carbocycles. The fourth-order valence-electron chi connectivity index (χ4n) is 1.27. The van der Waals surface area contributed by atoms with Gasteiger partial charge in [0.25, 0.3) is 0 Å². The Morgan fingerprint density at radius 1 is 1.47 bits per heavy atom. The molecule has 0 aliphatic heterocycles. The predicted molar refractivity (Wildman–Crippen MR) is 58.1 cm³/mol. The van der Waals surface area contributed by atoms with Gasteiger partial charge in [-0.3, -0.25) is 4.79 Å². The van der Waals surface area contributed by atoms with Crippen LogP contribution in [0.4, 0.5) is 0 Å². The zero-order valence-electron chi connectivity index (χ0n) is 8.82. The Balaban J connectivity index is 2.53. The van der Waals surface area contributed by atoms with Crippen molar-refractivity contribution in [3.63, 3.8) is 0 Å². The quantitative estimate of drug-likeness (QED) is 0.736. The van der Waals surface area contributed by atoms with Crippen molar-refractivity contribution in [2.75, 3.05) is 13.7 Å². The molecule has 0 bridgehead atoms. The third kappa shape index (κ3) is 4.10. The SMILES string of the molecule is COCc1cccc(CNC(=O)CN)c1. The minimum absolute atomic E-state index is 0.0256. The van der Waals surface area contributed by atoms with Gasteiger partial charge in [0, 0.05) is 13.7 Å². The van der Waals surface area contributed by atoms with Gasteiger partial charge in [-0.25, -0.2) is 0 Å². The summed E-state index contributed by atoms with van der Waals surface area (Å²) in [6.07, 6.45) is 0. The van der Waals surface area contributed by atoms with Gasteiger partial charge in [0.1, 0.15) is 0 Å². The average molecular weight is 208 g/mol. The number of ether oxygens (including phenoxy) is 1. The van der Waals surface area contributed by atoms with Crippen LogP contribution >= 0.6 is 0 Å². The van der Waals surface area contributed by atoms with Crippen LogP contribution in [0.15, 0.2) is 24.3 Å². The van der Waals surface area contributed by atoms with Gasteiger partial charge in [-0.05, 0) is 11.1 Å². The summed E-state index contributed by atoms with van der Waals surface area (Å²) in [7, 11) is 1.66. The van der Waals surface area contributed by atoms with E-state index in [4.69, 9.17) is 10.5 Å². The van der Waals surface area contributed by atoms with Crippen LogP contribution in [0.3, 0.4) is 0 Å². The van der Waals surface area contributed by atoms with Crippen molar-refractivity contribution in [3.05, 3.63) is 35.4 Å². The van der Waals surface area contributed by atoms with Gasteiger partial charge < -0.3 is 15.8 Å². The van der Waals surface area contributed by atoms with Crippen LogP contribution in [0.1, 0.15) is 11.1 Å². The van der Waals surface area contributed by atoms with E-state index in [-0.39, 0.29) is 12.5 Å². The van der Waals surface area contributed by atoms with E-state index in [1.165, 1.54) is 0 Å². The zero-order valence-corrected chi connectivity index (χ0v) is 8.82. The molecule has 0 unspecified atom stereocenters. The summed E-state index contributed by atoms with van der Waals surface area (Å²) in [6.45, 7) is 1.12. The van der Waals surface area contributed by atoms with Crippen LogP contribution in [0.5, 0.6) is 0 Å². The Kier molecular flexibility index (Phi) is 4.80. The number of carbonyl (C=O) groups excluding carboxylic acids is 1. The predicted octanol–water partition coefficient (Wildman–Crippen LogP) is 0.408. The van der Waals surface area contributed by atoms with E-state index in [2.05, 4.69) is 5.32 Å². The minimum atomic E-state index is -0.146. The highest BCUT2D eigenvalue weighted by atomic mass is 16.5. The first kappa shape index (κ1) is 11.7. The van der Waals surface area contributed by atoms with E-state index < -0.39 is 0 Å². The normalized spacial score (nSPS) is 10.0. The Labute approximate surface area is 89.4 Å². The summed E-state index contributed by atoms with van der Waals surface area (Å²) in [5.74, 6) is -0.146. The lowest BCUT2D eigenvalue weighted by Crippen LogP contribution is -2.29. The van der Waals surface area contributed by atoms with Gasteiger partial charge in [0.2, 0.25) is 5.91 Å². The molecular weight excluding hydrogens is 192 g/mol. The number of rotatable bonds is 5. The monoisotopic (exact) mass is 208 g/mol. The van der Waals surface area contributed by atoms with Gasteiger partial charge in [0.05, 0.1) is 13.2 Å². The molecule has 0 fully saturated rings. The number of methoxy groups -OCH3 is 1. The van der Waals surface area contributed by atoms with E-state index in [0.29, 0.717) is 13.2 Å². The molecule has 0 atom stereocenters. The van der Waals surface area contributed by atoms with Crippen LogP contribution in [-0.2, 0) is 22.7 Å². The molecule has 1 aromatic carbocycles. The highest BCUT2D eigenvalue weighted by Crippen LogP contribution is 2.05. The first-order valence-corrected chi connectivity index (χ1v) is 4.79. The second kappa shape index (κ2) is 6.16. The topological polar surface area (TPSA) is 64.3 Å². The van der Waals surface area contributed by atoms with Crippen LogP contribution in [-0.4, -0.2) is 19.6 Å². The molecule has 0 aliphatic carbocycles. The standard InChI is InChI=1S/C11H16N2O2/c1-15-8-10-4-2-3-9(5-10)7-13-11(14)6-12/h2-5H,6-8,12H2,1H3,(H,13,14). The molecule has 82 valence electrons. The first-order valence-electron chi connectivity index (χ1n) is 4.79. The van der Waals surface area contributed by atoms with Crippen LogP contribution in [0, 0.1) is 0 Å². The van der Waals surface area contributed by atoms with Crippen LogP contribution < -0.4 is 11.1 Å². The molecule has 0 heterocycles. The fraction of sp³-hybridized carbons (Fsp3) is 0.364. The second-order valence-electron chi connectivity index (χ2n) is 3.23. The van der Waals surface area contributed by atoms with E-state index in [0.717, 1.165) is 11.1 Å². The number of hydrogen-bond donors (Lipinski definition) is 2. The molecule has 0 aromatic heterocycles. The Hall–Kier alpha value is -1.39. The van der Waals surface area contributed by atoms with Crippen molar-refractivity contribution in [3.8, 4) is 0 Å². The summed E-state index contributed by atoms with van der Waals surface area (Å²) >= 11 is 0. The maximum absolute atomic E-state index is 10.9. The largest absolute Gasteiger partial charge is 0.380 e. The molecule has 0 saturated heterocycles. The summed E-state index contributed by atoms with van der Waals surface area (Å²) < 4.78 is 5.02. The Bertz CT molecular complexity index is 326. The average Bonchev–Trinajstić information content (AvgIpc) is 2.27. The summed E-state index contributed by atoms with van der Waals surface area (Å²) in [6, 6.07) is 7.88. The molecule has 0 aliphatic rings. The van der Waals surface area contributed by atoms with Crippen molar-refractivity contribution in [1.29, 1.82) is 0 Å². The van der Waals surface area contributed by atoms with Gasteiger partial charge in [0.15, 0.2) is 0 Å². The maximum atomic E-state index is 10.9. The highest BCUT2D eigenvalue weighted by Gasteiger charge is 1.98. The van der Waals surface area contributed by atoms with Crippen molar-refractivity contribution in [2.45, 2.75) is 13.2 Å². The van der Waals surface area contributed by atoms with Crippen LogP contribution in [0.2, 0.25) is 0 Å². The number of benzene rings is 1. The third-order valence-electron chi connectivity index (χ3n) is 1.98. The molecule has 15 heavy (non-hydrogen) atoms. The molecule has 4 nitrogen and oxygen atoms in total. The molecule has 0 radical (unpaired) electrons. The Morgan fingerprint density at radius 2 is 2.20 bits per heavy atom. The van der Waals surface area contributed by atoms with Crippen LogP contribution in [0.25, 0.3) is 0 Å². The number of hydrogen-bond acceptors (Lipinski definition) is 3. The summed E-state index contributed by atoms with van der Waals surface area (Å²) in [5, 5.41) is 2.71. The number of amides is 1. The molecule has 1 amide bonds. The second-order valence-corrected chi connectivity index (χ2v) is 3.23. The van der Waals surface area contributed by atoms with E-state index in [1.54, 1.807) is 7.11 Å². The van der Waals surface area contributed by atoms with Gasteiger partial charge in [-0.2, -0.15) is 0 Å². The summed E-state index contributed by atoms with van der Waals surface area (Å²) in [4.78, 5) is 10.9. The van der Waals surface area contributed by atoms with E-state index in [1.807, 2.05) is 24.3 Å². The van der Waals surface area contributed by atoms with Gasteiger partial charge in [-0.1, -0.05) is 24.3 Å². The molecule has 3 N–H and O–H groups in total. The maximum Gasteiger partial charge on any atom is 0.234 e. The van der Waals surface area contributed by atoms with Crippen molar-refractivity contribution in [2.24, 2.45) is 5.73 Å². The van der Waals surface area contributed by atoms with Crippen molar-refractivity contribution >= 4 is 5.91 Å². The minimum Gasteiger partial charge on any atom is -0.380 e. The van der Waals surface area contributed by atoms with Crippen molar-refractivity contribution in [1.82, 2.24) is 5.32 Å². The fourth-order valence-corrected chi connectivity index (χ4v) is 1.27. The Morgan fingerprint density at radius 3 is 2.87 bits per heavy atom. The molecule has 0 spiro atoms. The molecule has 1 rings (SSSR count). The highest BCUT2D eigenvalue weighted by molar-refractivity contribution is 5.77. The van der Waals surface area contributed by atoms with Gasteiger partial charge in [-0.15, -0.1) is 0 Å². The number of nitrogens with one attached hydrogen (secondary N) is 1. The third-order valence-corrected chi connectivity index (χ3v) is 1.98. The molecule has 1 aromatic rings. The lowest BCUT2D eigenvalue weighted by Gasteiger charge is -2.05. The lowest BCUT2D eigenvalue weighted by atomic mass is 10.1. The number of carbonyl (C=O) groups is 1. The van der Waals surface area contributed by atoms with E-state index in [9.17, 15) is 4.79 Å². The first-order chi connectivity index (χ1) is 7.26. The zero-order chi connectivity index (χ0) is 11.1. The van der Waals surface area contributed by atoms with Gasteiger partial charge >= 0.3 is 0 Å². The smallest absolute Gasteiger partial charge is 0.234 e. The molecular formula is C11H16N2O2. The van der Waals surface area contributed by atoms with E-state index >= 15 is 0 Å². The lowest BCUT2D eigenvalue weighted by molar-refractivity contribution is -0.119. The summed E-state index contributed by atoms with van der Waals surface area (Å²) in [5.41, 5.74) is 7.32.